The van der Waals surface area contributed by atoms with Crippen LogP contribution in [0.5, 0.6) is 0 Å². The van der Waals surface area contributed by atoms with E-state index >= 15 is 0 Å². The molecule has 2 aromatic carbocycles. The number of amides is 1. The highest BCUT2D eigenvalue weighted by Crippen LogP contribution is 2.24. The molecule has 0 aromatic heterocycles. The van der Waals surface area contributed by atoms with Crippen molar-refractivity contribution in [3.8, 4) is 0 Å². The molecule has 2 atom stereocenters. The molecule has 0 N–H and O–H groups in total. The molecule has 6 nitrogen and oxygen atoms in total. The minimum Gasteiger partial charge on any atom is -0.335 e. The molecule has 0 unspecified atom stereocenters. The molecule has 0 saturated carbocycles. The van der Waals surface area contributed by atoms with E-state index < -0.39 is 15.7 Å². The first-order chi connectivity index (χ1) is 11.3. The van der Waals surface area contributed by atoms with Gasteiger partial charge in [0.25, 0.3) is 11.6 Å². The van der Waals surface area contributed by atoms with Gasteiger partial charge in [0.05, 0.1) is 11.0 Å². The first-order valence-corrected chi connectivity index (χ1v) is 8.82. The quantitative estimate of drug-likeness (QED) is 0.615. The third-order valence-corrected chi connectivity index (χ3v) is 4.83. The number of hydrogen-bond acceptors (Lipinski definition) is 4. The van der Waals surface area contributed by atoms with Crippen molar-refractivity contribution >= 4 is 22.4 Å². The van der Waals surface area contributed by atoms with E-state index in [-0.39, 0.29) is 17.6 Å². The summed E-state index contributed by atoms with van der Waals surface area (Å²) in [5.41, 5.74) is 1.16. The Hall–Kier alpha value is -2.54. The van der Waals surface area contributed by atoms with E-state index in [0.29, 0.717) is 16.0 Å². The van der Waals surface area contributed by atoms with Crippen molar-refractivity contribution in [3.05, 3.63) is 69.8 Å². The summed E-state index contributed by atoms with van der Waals surface area (Å²) in [5.74, 6) is -0.206. The van der Waals surface area contributed by atoms with E-state index in [4.69, 9.17) is 0 Å². The van der Waals surface area contributed by atoms with Crippen LogP contribution in [0.3, 0.4) is 0 Å². The maximum absolute atomic E-state index is 12.6. The fourth-order valence-electron chi connectivity index (χ4n) is 2.29. The lowest BCUT2D eigenvalue weighted by Crippen LogP contribution is -2.29. The van der Waals surface area contributed by atoms with E-state index in [1.54, 1.807) is 49.7 Å². The van der Waals surface area contributed by atoms with Gasteiger partial charge in [-0.25, -0.2) is 0 Å². The Morgan fingerprint density at radius 2 is 1.83 bits per heavy atom. The van der Waals surface area contributed by atoms with Crippen LogP contribution in [0.4, 0.5) is 5.69 Å². The van der Waals surface area contributed by atoms with E-state index in [1.165, 1.54) is 17.0 Å². The minimum absolute atomic E-state index is 0.00465. The molecule has 0 fully saturated rings. The van der Waals surface area contributed by atoms with Crippen molar-refractivity contribution in [1.82, 2.24) is 4.90 Å². The van der Waals surface area contributed by atoms with Crippen LogP contribution >= 0.6 is 0 Å². The zero-order valence-corrected chi connectivity index (χ0v) is 14.4. The molecule has 0 saturated heterocycles. The third-order valence-electron chi connectivity index (χ3n) is 3.90. The minimum atomic E-state index is -1.10. The van der Waals surface area contributed by atoms with Crippen LogP contribution in [0.2, 0.25) is 0 Å². The van der Waals surface area contributed by atoms with Crippen molar-refractivity contribution < 1.29 is 13.9 Å². The Labute approximate surface area is 142 Å². The van der Waals surface area contributed by atoms with Gasteiger partial charge in [0.15, 0.2) is 0 Å². The third kappa shape index (κ3) is 3.86. The van der Waals surface area contributed by atoms with Gasteiger partial charge in [-0.05, 0) is 36.8 Å². The molecule has 126 valence electrons. The molecule has 0 heterocycles. The van der Waals surface area contributed by atoms with E-state index in [2.05, 4.69) is 0 Å². The summed E-state index contributed by atoms with van der Waals surface area (Å²) in [7, 11) is 0.555. The molecule has 0 spiro atoms. The lowest BCUT2D eigenvalue weighted by Gasteiger charge is -2.25. The molecule has 1 amide bonds. The Balaban J connectivity index is 2.21. The monoisotopic (exact) mass is 346 g/mol. The summed E-state index contributed by atoms with van der Waals surface area (Å²) in [6.45, 7) is 1.81. The number of nitro benzene ring substituents is 1. The largest absolute Gasteiger partial charge is 0.335 e. The molecule has 0 aliphatic carbocycles. The van der Waals surface area contributed by atoms with Crippen molar-refractivity contribution in [2.24, 2.45) is 0 Å². The van der Waals surface area contributed by atoms with Crippen LogP contribution < -0.4 is 0 Å². The number of nitro groups is 1. The molecule has 0 aliphatic heterocycles. The first-order valence-electron chi connectivity index (χ1n) is 7.26. The van der Waals surface area contributed by atoms with Gasteiger partial charge in [-0.15, -0.1) is 0 Å². The van der Waals surface area contributed by atoms with Gasteiger partial charge in [0.2, 0.25) is 0 Å². The highest BCUT2D eigenvalue weighted by molar-refractivity contribution is 7.84. The fraction of sp³-hybridized carbons (Fsp3) is 0.235. The topological polar surface area (TPSA) is 80.5 Å². The van der Waals surface area contributed by atoms with Crippen LogP contribution in [-0.2, 0) is 10.8 Å². The number of non-ortho nitro benzene ring substituents is 1. The van der Waals surface area contributed by atoms with Crippen LogP contribution in [0.1, 0.15) is 28.9 Å². The van der Waals surface area contributed by atoms with Crippen LogP contribution in [0.25, 0.3) is 0 Å². The highest BCUT2D eigenvalue weighted by Gasteiger charge is 2.20. The van der Waals surface area contributed by atoms with Crippen molar-refractivity contribution in [1.29, 1.82) is 0 Å². The second kappa shape index (κ2) is 7.35. The molecule has 0 bridgehead atoms. The zero-order chi connectivity index (χ0) is 17.9. The summed E-state index contributed by atoms with van der Waals surface area (Å²) in [4.78, 5) is 25.2. The Morgan fingerprint density at radius 3 is 2.38 bits per heavy atom. The van der Waals surface area contributed by atoms with Gasteiger partial charge in [-0.1, -0.05) is 12.1 Å². The maximum Gasteiger partial charge on any atom is 0.269 e. The van der Waals surface area contributed by atoms with Gasteiger partial charge in [-0.2, -0.15) is 0 Å². The summed E-state index contributed by atoms with van der Waals surface area (Å²) in [6.07, 6.45) is 1.58. The molecule has 2 aromatic rings. The number of rotatable bonds is 5. The van der Waals surface area contributed by atoms with Crippen LogP contribution in [0, 0.1) is 10.1 Å². The van der Waals surface area contributed by atoms with Crippen molar-refractivity contribution in [2.45, 2.75) is 17.9 Å². The summed E-state index contributed by atoms with van der Waals surface area (Å²) in [6, 6.07) is 12.5. The SMILES string of the molecule is C[C@@H](c1cccc([N+](=O)[O-])c1)N(C)C(=O)c1ccc([S@@](C)=O)cc1. The molecule has 0 aliphatic rings. The maximum atomic E-state index is 12.6. The van der Waals surface area contributed by atoms with Gasteiger partial charge in [0.1, 0.15) is 0 Å². The van der Waals surface area contributed by atoms with Gasteiger partial charge in [-0.3, -0.25) is 19.1 Å². The highest BCUT2D eigenvalue weighted by atomic mass is 32.2. The molecule has 7 heteroatoms. The second-order valence-electron chi connectivity index (χ2n) is 5.42. The molecule has 0 radical (unpaired) electrons. The zero-order valence-electron chi connectivity index (χ0n) is 13.6. The summed E-state index contributed by atoms with van der Waals surface area (Å²) in [5, 5.41) is 10.9. The Bertz CT molecular complexity index is 789. The lowest BCUT2D eigenvalue weighted by molar-refractivity contribution is -0.384. The average Bonchev–Trinajstić information content (AvgIpc) is 2.60. The Morgan fingerprint density at radius 1 is 1.21 bits per heavy atom. The average molecular weight is 346 g/mol. The summed E-state index contributed by atoms with van der Waals surface area (Å²) >= 11 is 0. The number of carbonyl (C=O) groups excluding carboxylic acids is 1. The molecular weight excluding hydrogens is 328 g/mol. The molecule has 2 rings (SSSR count). The summed E-state index contributed by atoms with van der Waals surface area (Å²) < 4.78 is 11.4. The lowest BCUT2D eigenvalue weighted by atomic mass is 10.1. The van der Waals surface area contributed by atoms with Crippen LogP contribution in [-0.4, -0.2) is 33.2 Å². The number of carbonyl (C=O) groups is 1. The standard InChI is InChI=1S/C17H18N2O4S/c1-12(14-5-4-6-15(11-14)19(21)22)18(2)17(20)13-7-9-16(10-8-13)24(3)23/h4-12H,1-3H3/t12-,24+/m0/s1. The van der Waals surface area contributed by atoms with Crippen molar-refractivity contribution in [2.75, 3.05) is 13.3 Å². The first kappa shape index (κ1) is 17.8. The van der Waals surface area contributed by atoms with E-state index in [0.717, 1.165) is 0 Å². The van der Waals surface area contributed by atoms with Gasteiger partial charge in [0, 0.05) is 46.7 Å². The number of benzene rings is 2. The smallest absolute Gasteiger partial charge is 0.269 e. The van der Waals surface area contributed by atoms with Gasteiger partial charge < -0.3 is 4.90 Å². The van der Waals surface area contributed by atoms with E-state index in [1.807, 2.05) is 6.92 Å². The predicted molar refractivity (Wildman–Crippen MR) is 92.4 cm³/mol. The molecule has 24 heavy (non-hydrogen) atoms. The number of hydrogen-bond donors (Lipinski definition) is 0. The fourth-order valence-corrected chi connectivity index (χ4v) is 2.81. The van der Waals surface area contributed by atoms with Crippen LogP contribution in [0.15, 0.2) is 53.4 Å². The predicted octanol–water partition coefficient (Wildman–Crippen LogP) is 3.17. The molecular formula is C17H18N2O4S. The number of nitrogens with zero attached hydrogens (tertiary/aromatic N) is 2. The van der Waals surface area contributed by atoms with Gasteiger partial charge >= 0.3 is 0 Å². The van der Waals surface area contributed by atoms with E-state index in [9.17, 15) is 19.1 Å². The Kier molecular flexibility index (Phi) is 5.46. The van der Waals surface area contributed by atoms with Crippen molar-refractivity contribution in [3.63, 3.8) is 0 Å². The normalized spacial score (nSPS) is 13.1. The second-order valence-corrected chi connectivity index (χ2v) is 6.80.